The minimum absolute atomic E-state index is 0.857. The number of hydrogen-bond donors (Lipinski definition) is 0. The number of ether oxygens (including phenoxy) is 1. The molecule has 0 bridgehead atoms. The van der Waals surface area contributed by atoms with E-state index < -0.39 is 0 Å². The van der Waals surface area contributed by atoms with Crippen LogP contribution < -0.4 is 4.74 Å². The van der Waals surface area contributed by atoms with Gasteiger partial charge in [0.15, 0.2) is 0 Å². The lowest BCUT2D eigenvalue weighted by Gasteiger charge is -2.28. The van der Waals surface area contributed by atoms with Crippen LogP contribution in [0.25, 0.3) is 0 Å². The largest absolute Gasteiger partial charge is 0.494 e. The van der Waals surface area contributed by atoms with Gasteiger partial charge in [0.25, 0.3) is 0 Å². The first-order valence-corrected chi connectivity index (χ1v) is 6.62. The highest BCUT2D eigenvalue weighted by Gasteiger charge is 2.16. The number of hydrogen-bond acceptors (Lipinski definition) is 2. The van der Waals surface area contributed by atoms with Crippen molar-refractivity contribution >= 4 is 0 Å². The summed E-state index contributed by atoms with van der Waals surface area (Å²) in [5.74, 6) is 1.87. The normalized spacial score (nSPS) is 18.2. The van der Waals surface area contributed by atoms with E-state index in [4.69, 9.17) is 4.74 Å². The third-order valence-corrected chi connectivity index (χ3v) is 3.62. The van der Waals surface area contributed by atoms with E-state index in [1.807, 2.05) is 6.07 Å². The minimum atomic E-state index is 0.857. The van der Waals surface area contributed by atoms with Gasteiger partial charge in [0.05, 0.1) is 6.61 Å². The molecule has 2 nitrogen and oxygen atoms in total. The Hall–Kier alpha value is -1.02. The molecule has 0 aromatic heterocycles. The average Bonchev–Trinajstić information content (AvgIpc) is 2.32. The van der Waals surface area contributed by atoms with Crippen molar-refractivity contribution in [3.05, 3.63) is 29.8 Å². The molecule has 1 aromatic rings. The fraction of sp³-hybridized carbons (Fsp3) is 0.600. The smallest absolute Gasteiger partial charge is 0.119 e. The third kappa shape index (κ3) is 4.04. The van der Waals surface area contributed by atoms with Gasteiger partial charge in [-0.25, -0.2) is 0 Å². The predicted molar refractivity (Wildman–Crippen MR) is 71.5 cm³/mol. The molecule has 0 atom stereocenters. The van der Waals surface area contributed by atoms with E-state index >= 15 is 0 Å². The molecule has 94 valence electrons. The summed E-state index contributed by atoms with van der Waals surface area (Å²) in [6.45, 7) is 5.45. The third-order valence-electron chi connectivity index (χ3n) is 3.62. The summed E-state index contributed by atoms with van der Waals surface area (Å²) in [6.07, 6.45) is 3.85. The van der Waals surface area contributed by atoms with Crippen LogP contribution in [0.2, 0.25) is 0 Å². The molecule has 0 spiro atoms. The lowest BCUT2D eigenvalue weighted by Crippen LogP contribution is -2.30. The van der Waals surface area contributed by atoms with E-state index in [-0.39, 0.29) is 0 Å². The number of nitrogens with zero attached hydrogens (tertiary/aromatic N) is 1. The van der Waals surface area contributed by atoms with E-state index in [0.29, 0.717) is 0 Å². The molecular formula is C15H23NO. The summed E-state index contributed by atoms with van der Waals surface area (Å²) in [5, 5.41) is 0. The SMILES string of the molecule is Cc1cccc(OCCC2CCN(C)CC2)c1. The highest BCUT2D eigenvalue weighted by molar-refractivity contribution is 5.27. The van der Waals surface area contributed by atoms with Gasteiger partial charge in [-0.15, -0.1) is 0 Å². The molecule has 0 N–H and O–H groups in total. The Labute approximate surface area is 105 Å². The summed E-state index contributed by atoms with van der Waals surface area (Å²) in [4.78, 5) is 2.41. The molecule has 1 aliphatic rings. The number of benzene rings is 1. The second kappa shape index (κ2) is 6.06. The molecule has 1 aromatic carbocycles. The maximum atomic E-state index is 5.80. The Morgan fingerprint density at radius 2 is 2.06 bits per heavy atom. The molecule has 1 saturated heterocycles. The summed E-state index contributed by atoms with van der Waals surface area (Å²) >= 11 is 0. The lowest BCUT2D eigenvalue weighted by molar-refractivity contribution is 0.187. The van der Waals surface area contributed by atoms with Crippen LogP contribution in [-0.4, -0.2) is 31.6 Å². The maximum Gasteiger partial charge on any atom is 0.119 e. The van der Waals surface area contributed by atoms with Gasteiger partial charge in [0.2, 0.25) is 0 Å². The van der Waals surface area contributed by atoms with Crippen LogP contribution in [0, 0.1) is 12.8 Å². The lowest BCUT2D eigenvalue weighted by atomic mass is 9.94. The topological polar surface area (TPSA) is 12.5 Å². The Balaban J connectivity index is 1.69. The highest BCUT2D eigenvalue weighted by Crippen LogP contribution is 2.20. The number of rotatable bonds is 4. The minimum Gasteiger partial charge on any atom is -0.494 e. The maximum absolute atomic E-state index is 5.80. The quantitative estimate of drug-likeness (QED) is 0.792. The zero-order valence-corrected chi connectivity index (χ0v) is 11.0. The number of piperidine rings is 1. The predicted octanol–water partition coefficient (Wildman–Crippen LogP) is 3.11. The fourth-order valence-corrected chi connectivity index (χ4v) is 2.40. The Morgan fingerprint density at radius 1 is 1.29 bits per heavy atom. The molecule has 2 rings (SSSR count). The zero-order chi connectivity index (χ0) is 12.1. The first-order valence-electron chi connectivity index (χ1n) is 6.62. The fourth-order valence-electron chi connectivity index (χ4n) is 2.40. The first kappa shape index (κ1) is 12.4. The van der Waals surface area contributed by atoms with Crippen LogP contribution in [0.1, 0.15) is 24.8 Å². The Bertz CT molecular complexity index is 343. The summed E-state index contributed by atoms with van der Waals surface area (Å²) in [6, 6.07) is 8.31. The van der Waals surface area contributed by atoms with Gasteiger partial charge in [0.1, 0.15) is 5.75 Å². The second-order valence-electron chi connectivity index (χ2n) is 5.20. The van der Waals surface area contributed by atoms with Gasteiger partial charge in [-0.1, -0.05) is 12.1 Å². The van der Waals surface area contributed by atoms with Gasteiger partial charge in [-0.05, 0) is 69.9 Å². The van der Waals surface area contributed by atoms with Crippen molar-refractivity contribution in [2.75, 3.05) is 26.7 Å². The van der Waals surface area contributed by atoms with E-state index in [1.165, 1.54) is 37.9 Å². The number of likely N-dealkylation sites (tertiary alicyclic amines) is 1. The van der Waals surface area contributed by atoms with E-state index in [1.54, 1.807) is 0 Å². The summed E-state index contributed by atoms with van der Waals surface area (Å²) < 4.78 is 5.80. The van der Waals surface area contributed by atoms with Crippen molar-refractivity contribution in [2.45, 2.75) is 26.2 Å². The van der Waals surface area contributed by atoms with Gasteiger partial charge in [-0.2, -0.15) is 0 Å². The van der Waals surface area contributed by atoms with Gasteiger partial charge < -0.3 is 9.64 Å². The zero-order valence-electron chi connectivity index (χ0n) is 11.0. The van der Waals surface area contributed by atoms with Crippen molar-refractivity contribution in [2.24, 2.45) is 5.92 Å². The highest BCUT2D eigenvalue weighted by atomic mass is 16.5. The van der Waals surface area contributed by atoms with Crippen LogP contribution in [0.3, 0.4) is 0 Å². The molecule has 1 fully saturated rings. The molecule has 0 amide bonds. The van der Waals surface area contributed by atoms with Crippen molar-refractivity contribution in [3.63, 3.8) is 0 Å². The van der Waals surface area contributed by atoms with E-state index in [2.05, 4.69) is 37.1 Å². The molecular weight excluding hydrogens is 210 g/mol. The number of aryl methyl sites for hydroxylation is 1. The van der Waals surface area contributed by atoms with Gasteiger partial charge in [-0.3, -0.25) is 0 Å². The van der Waals surface area contributed by atoms with Crippen molar-refractivity contribution in [1.82, 2.24) is 4.90 Å². The van der Waals surface area contributed by atoms with Crippen molar-refractivity contribution in [1.29, 1.82) is 0 Å². The monoisotopic (exact) mass is 233 g/mol. The molecule has 2 heteroatoms. The van der Waals surface area contributed by atoms with Crippen LogP contribution >= 0.6 is 0 Å². The summed E-state index contributed by atoms with van der Waals surface area (Å²) in [7, 11) is 2.21. The molecule has 1 heterocycles. The van der Waals surface area contributed by atoms with Gasteiger partial charge >= 0.3 is 0 Å². The second-order valence-corrected chi connectivity index (χ2v) is 5.20. The average molecular weight is 233 g/mol. The van der Waals surface area contributed by atoms with Crippen molar-refractivity contribution in [3.8, 4) is 5.75 Å². The van der Waals surface area contributed by atoms with Crippen molar-refractivity contribution < 1.29 is 4.74 Å². The molecule has 0 saturated carbocycles. The Morgan fingerprint density at radius 3 is 2.76 bits per heavy atom. The van der Waals surface area contributed by atoms with Crippen LogP contribution in [0.4, 0.5) is 0 Å². The van der Waals surface area contributed by atoms with E-state index in [0.717, 1.165) is 18.3 Å². The first-order chi connectivity index (χ1) is 8.24. The Kier molecular flexibility index (Phi) is 4.43. The van der Waals surface area contributed by atoms with Crippen LogP contribution in [0.15, 0.2) is 24.3 Å². The molecule has 0 aliphatic carbocycles. The molecule has 0 radical (unpaired) electrons. The van der Waals surface area contributed by atoms with E-state index in [9.17, 15) is 0 Å². The molecule has 17 heavy (non-hydrogen) atoms. The van der Waals surface area contributed by atoms with Crippen LogP contribution in [0.5, 0.6) is 5.75 Å². The summed E-state index contributed by atoms with van der Waals surface area (Å²) in [5.41, 5.74) is 1.27. The molecule has 0 unspecified atom stereocenters. The standard InChI is InChI=1S/C15H23NO/c1-13-4-3-5-15(12-13)17-11-8-14-6-9-16(2)10-7-14/h3-5,12,14H,6-11H2,1-2H3. The van der Waals surface area contributed by atoms with Crippen LogP contribution in [-0.2, 0) is 0 Å². The van der Waals surface area contributed by atoms with Gasteiger partial charge in [0, 0.05) is 0 Å². The molecule has 1 aliphatic heterocycles.